The summed E-state index contributed by atoms with van der Waals surface area (Å²) in [6.07, 6.45) is 7.55. The third-order valence-electron chi connectivity index (χ3n) is 2.30. The van der Waals surface area contributed by atoms with Crippen molar-refractivity contribution in [1.29, 1.82) is 0 Å². The normalized spacial score (nSPS) is 12.9. The summed E-state index contributed by atoms with van der Waals surface area (Å²) in [6, 6.07) is 1.56. The number of aromatic nitrogens is 1. The van der Waals surface area contributed by atoms with Crippen molar-refractivity contribution in [2.24, 2.45) is 0 Å². The number of aliphatic hydroxyl groups is 3. The number of hydrogen-bond acceptors (Lipinski definition) is 3. The van der Waals surface area contributed by atoms with Gasteiger partial charge in [-0.15, -0.1) is 0 Å². The van der Waals surface area contributed by atoms with Gasteiger partial charge in [0.05, 0.1) is 0 Å². The molecule has 4 heteroatoms. The number of nitrogens with one attached hydrogen (secondary N) is 1. The van der Waals surface area contributed by atoms with E-state index in [0.29, 0.717) is 16.8 Å². The number of aromatic amines is 1. The van der Waals surface area contributed by atoms with Crippen molar-refractivity contribution >= 4 is 5.57 Å². The van der Waals surface area contributed by atoms with Crippen LogP contribution in [0.2, 0.25) is 0 Å². The smallest absolute Gasteiger partial charge is 0.188 e. The van der Waals surface area contributed by atoms with Crippen molar-refractivity contribution in [3.05, 3.63) is 66.7 Å². The Morgan fingerprint density at radius 2 is 2.11 bits per heavy atom. The lowest BCUT2D eigenvalue weighted by Gasteiger charge is -2.12. The first-order valence-electron chi connectivity index (χ1n) is 5.37. The van der Waals surface area contributed by atoms with Crippen molar-refractivity contribution < 1.29 is 15.3 Å². The minimum Gasteiger partial charge on any atom is -0.508 e. The van der Waals surface area contributed by atoms with E-state index in [9.17, 15) is 15.3 Å². The molecule has 0 saturated carbocycles. The highest BCUT2D eigenvalue weighted by Crippen LogP contribution is 2.22. The largest absolute Gasteiger partial charge is 0.508 e. The van der Waals surface area contributed by atoms with Gasteiger partial charge in [0.2, 0.25) is 0 Å². The van der Waals surface area contributed by atoms with Gasteiger partial charge in [-0.25, -0.2) is 0 Å². The molecule has 1 rings (SSSR count). The standard InChI is InChI=1S/C14H17NO3/c1-4-5-6-12(16)7-10(2)13-8-11(9-15-13)14(3,17)18/h4-9,15-18H,1-2H2,3H3/b6-5-,12-7+. The molecule has 0 aliphatic heterocycles. The lowest BCUT2D eigenvalue weighted by molar-refractivity contribution is -0.152. The Balaban J connectivity index is 2.89. The average Bonchev–Trinajstić information content (AvgIpc) is 2.75. The van der Waals surface area contributed by atoms with Gasteiger partial charge in [0.1, 0.15) is 5.76 Å². The number of allylic oxidation sites excluding steroid dienone is 5. The molecule has 4 N–H and O–H groups in total. The molecule has 1 aromatic heterocycles. The van der Waals surface area contributed by atoms with E-state index in [-0.39, 0.29) is 5.76 Å². The molecule has 0 radical (unpaired) electrons. The first-order valence-corrected chi connectivity index (χ1v) is 5.37. The molecule has 96 valence electrons. The van der Waals surface area contributed by atoms with Crippen LogP contribution in [0.5, 0.6) is 0 Å². The SMILES string of the molecule is C=C/C=C\C(O)=C/C(=C)c1cc(C(C)(O)O)c[nH]1. The summed E-state index contributed by atoms with van der Waals surface area (Å²) in [5.41, 5.74) is 1.45. The van der Waals surface area contributed by atoms with Gasteiger partial charge in [-0.1, -0.05) is 25.3 Å². The zero-order valence-corrected chi connectivity index (χ0v) is 10.2. The van der Waals surface area contributed by atoms with Crippen LogP contribution >= 0.6 is 0 Å². The second-order valence-corrected chi connectivity index (χ2v) is 4.01. The molecular formula is C14H17NO3. The number of hydrogen-bond donors (Lipinski definition) is 4. The zero-order valence-electron chi connectivity index (χ0n) is 10.2. The minimum atomic E-state index is -1.90. The fourth-order valence-electron chi connectivity index (χ4n) is 1.32. The molecule has 0 atom stereocenters. The van der Waals surface area contributed by atoms with Gasteiger partial charge in [-0.2, -0.15) is 0 Å². The van der Waals surface area contributed by atoms with E-state index in [0.717, 1.165) is 0 Å². The van der Waals surface area contributed by atoms with E-state index >= 15 is 0 Å². The third-order valence-corrected chi connectivity index (χ3v) is 2.30. The molecule has 0 bridgehead atoms. The molecule has 18 heavy (non-hydrogen) atoms. The van der Waals surface area contributed by atoms with Crippen molar-refractivity contribution in [3.63, 3.8) is 0 Å². The molecule has 0 unspecified atom stereocenters. The maximum Gasteiger partial charge on any atom is 0.188 e. The van der Waals surface area contributed by atoms with Crippen LogP contribution in [0.4, 0.5) is 0 Å². The van der Waals surface area contributed by atoms with Gasteiger partial charge < -0.3 is 20.3 Å². The molecule has 0 aromatic carbocycles. The Morgan fingerprint density at radius 3 is 2.61 bits per heavy atom. The van der Waals surface area contributed by atoms with E-state index in [1.54, 1.807) is 18.2 Å². The molecule has 1 aromatic rings. The Kier molecular flexibility index (Phi) is 4.31. The van der Waals surface area contributed by atoms with Crippen LogP contribution in [0, 0.1) is 0 Å². The monoisotopic (exact) mass is 247 g/mol. The van der Waals surface area contributed by atoms with Crippen molar-refractivity contribution in [3.8, 4) is 0 Å². The molecule has 0 aliphatic carbocycles. The first-order chi connectivity index (χ1) is 8.34. The van der Waals surface area contributed by atoms with Crippen molar-refractivity contribution in [2.45, 2.75) is 12.7 Å². The Bertz CT molecular complexity index is 501. The fraction of sp³-hybridized carbons (Fsp3) is 0.143. The predicted octanol–water partition coefficient (Wildman–Crippen LogP) is 2.37. The molecule has 0 saturated heterocycles. The van der Waals surface area contributed by atoms with Crippen molar-refractivity contribution in [1.82, 2.24) is 4.98 Å². The summed E-state index contributed by atoms with van der Waals surface area (Å²) in [5, 5.41) is 28.3. The summed E-state index contributed by atoms with van der Waals surface area (Å²) in [6.45, 7) is 8.54. The molecule has 0 aliphatic rings. The maximum absolute atomic E-state index is 9.53. The highest BCUT2D eigenvalue weighted by molar-refractivity contribution is 5.71. The van der Waals surface area contributed by atoms with Crippen LogP contribution in [0.25, 0.3) is 5.57 Å². The van der Waals surface area contributed by atoms with Crippen LogP contribution in [0.3, 0.4) is 0 Å². The number of aliphatic hydroxyl groups excluding tert-OH is 1. The molecule has 4 nitrogen and oxygen atoms in total. The Morgan fingerprint density at radius 1 is 1.44 bits per heavy atom. The summed E-state index contributed by atoms with van der Waals surface area (Å²) >= 11 is 0. The van der Waals surface area contributed by atoms with E-state index < -0.39 is 5.79 Å². The highest BCUT2D eigenvalue weighted by atomic mass is 16.5. The van der Waals surface area contributed by atoms with Gasteiger partial charge in [0, 0.05) is 17.5 Å². The van der Waals surface area contributed by atoms with Gasteiger partial charge >= 0.3 is 0 Å². The summed E-state index contributed by atoms with van der Waals surface area (Å²) < 4.78 is 0. The second kappa shape index (κ2) is 5.53. The van der Waals surface area contributed by atoms with E-state index in [4.69, 9.17) is 0 Å². The zero-order chi connectivity index (χ0) is 13.8. The van der Waals surface area contributed by atoms with Crippen LogP contribution in [0.15, 0.2) is 55.5 Å². The molecular weight excluding hydrogens is 230 g/mol. The minimum absolute atomic E-state index is 0.0341. The third kappa shape index (κ3) is 3.76. The van der Waals surface area contributed by atoms with E-state index in [2.05, 4.69) is 18.1 Å². The van der Waals surface area contributed by atoms with Crippen LogP contribution in [0.1, 0.15) is 18.2 Å². The molecule has 1 heterocycles. The fourth-order valence-corrected chi connectivity index (χ4v) is 1.32. The molecule has 0 amide bonds. The first kappa shape index (κ1) is 14.0. The van der Waals surface area contributed by atoms with Gasteiger partial charge in [0.15, 0.2) is 5.79 Å². The van der Waals surface area contributed by atoms with E-state index in [1.165, 1.54) is 25.3 Å². The lowest BCUT2D eigenvalue weighted by atomic mass is 10.1. The average molecular weight is 247 g/mol. The Hall–Kier alpha value is -2.04. The predicted molar refractivity (Wildman–Crippen MR) is 71.7 cm³/mol. The molecule has 0 fully saturated rings. The topological polar surface area (TPSA) is 76.5 Å². The summed E-state index contributed by atoms with van der Waals surface area (Å²) in [7, 11) is 0. The van der Waals surface area contributed by atoms with Crippen LogP contribution in [-0.4, -0.2) is 20.3 Å². The van der Waals surface area contributed by atoms with Gasteiger partial charge in [-0.3, -0.25) is 0 Å². The number of rotatable bonds is 5. The van der Waals surface area contributed by atoms with Crippen LogP contribution < -0.4 is 0 Å². The Labute approximate surface area is 106 Å². The lowest BCUT2D eigenvalue weighted by Crippen LogP contribution is -2.18. The van der Waals surface area contributed by atoms with E-state index in [1.807, 2.05) is 0 Å². The van der Waals surface area contributed by atoms with Gasteiger partial charge in [0.25, 0.3) is 0 Å². The highest BCUT2D eigenvalue weighted by Gasteiger charge is 2.20. The maximum atomic E-state index is 9.53. The second-order valence-electron chi connectivity index (χ2n) is 4.01. The summed E-state index contributed by atoms with van der Waals surface area (Å²) in [5.74, 6) is -1.87. The van der Waals surface area contributed by atoms with Gasteiger partial charge in [-0.05, 0) is 30.7 Å². The summed E-state index contributed by atoms with van der Waals surface area (Å²) in [4.78, 5) is 2.85. The van der Waals surface area contributed by atoms with Crippen molar-refractivity contribution in [2.75, 3.05) is 0 Å². The number of H-pyrrole nitrogens is 1. The van der Waals surface area contributed by atoms with Crippen LogP contribution in [-0.2, 0) is 5.79 Å². The quantitative estimate of drug-likeness (QED) is 0.366. The molecule has 0 spiro atoms.